The van der Waals surface area contributed by atoms with Crippen LogP contribution in [0.4, 0.5) is 5.69 Å². The molecule has 0 aliphatic carbocycles. The Morgan fingerprint density at radius 1 is 1.14 bits per heavy atom. The van der Waals surface area contributed by atoms with Crippen molar-refractivity contribution in [1.82, 2.24) is 0 Å². The van der Waals surface area contributed by atoms with Crippen LogP contribution < -0.4 is 9.47 Å². The number of fused-ring (bicyclic) bond motifs is 1. The lowest BCUT2D eigenvalue weighted by atomic mass is 10.1. The second kappa shape index (κ2) is 5.58. The number of nitro benzene ring substituents is 1. The van der Waals surface area contributed by atoms with E-state index in [0.717, 1.165) is 5.56 Å². The molecule has 0 unspecified atom stereocenters. The average Bonchev–Trinajstić information content (AvgIpc) is 3.00. The van der Waals surface area contributed by atoms with E-state index in [2.05, 4.69) is 0 Å². The first-order valence-corrected chi connectivity index (χ1v) is 6.43. The Hall–Kier alpha value is -3.33. The molecule has 0 N–H and O–H groups in total. The Kier molecular flexibility index (Phi) is 3.46. The summed E-state index contributed by atoms with van der Waals surface area (Å²) in [6.45, 7) is 0.212. The van der Waals surface area contributed by atoms with E-state index >= 15 is 0 Å². The summed E-state index contributed by atoms with van der Waals surface area (Å²) in [5.41, 5.74) is 1.65. The predicted octanol–water partition coefficient (Wildman–Crippen LogP) is 3.37. The molecule has 0 spiro atoms. The van der Waals surface area contributed by atoms with Gasteiger partial charge in [0.1, 0.15) is 6.07 Å². The summed E-state index contributed by atoms with van der Waals surface area (Å²) in [5, 5.41) is 19.8. The Morgan fingerprint density at radius 3 is 2.73 bits per heavy atom. The Balaban J connectivity index is 1.89. The quantitative estimate of drug-likeness (QED) is 0.492. The molecule has 0 saturated carbocycles. The van der Waals surface area contributed by atoms with Crippen molar-refractivity contribution in [3.8, 4) is 17.6 Å². The molecule has 3 rings (SSSR count). The molecule has 108 valence electrons. The highest BCUT2D eigenvalue weighted by atomic mass is 16.7. The molecule has 1 heterocycles. The van der Waals surface area contributed by atoms with Gasteiger partial charge in [0.2, 0.25) is 6.79 Å². The van der Waals surface area contributed by atoms with E-state index in [1.807, 2.05) is 30.3 Å². The van der Waals surface area contributed by atoms with E-state index in [1.54, 1.807) is 12.1 Å². The molecular weight excluding hydrogens is 284 g/mol. The number of ether oxygens (including phenoxy) is 2. The highest BCUT2D eigenvalue weighted by Crippen LogP contribution is 2.33. The van der Waals surface area contributed by atoms with Crippen LogP contribution in [0.15, 0.2) is 36.4 Å². The largest absolute Gasteiger partial charge is 0.454 e. The van der Waals surface area contributed by atoms with Crippen molar-refractivity contribution in [3.05, 3.63) is 63.2 Å². The summed E-state index contributed by atoms with van der Waals surface area (Å²) in [4.78, 5) is 10.2. The molecule has 2 aromatic carbocycles. The van der Waals surface area contributed by atoms with Crippen molar-refractivity contribution in [1.29, 1.82) is 5.26 Å². The first kappa shape index (κ1) is 13.6. The molecule has 6 heteroatoms. The van der Waals surface area contributed by atoms with Gasteiger partial charge >= 0.3 is 0 Å². The summed E-state index contributed by atoms with van der Waals surface area (Å²) in [5.74, 6) is 1.37. The van der Waals surface area contributed by atoms with Gasteiger partial charge in [-0.3, -0.25) is 10.1 Å². The number of benzene rings is 2. The smallest absolute Gasteiger partial charge is 0.270 e. The molecule has 1 aliphatic rings. The van der Waals surface area contributed by atoms with Crippen molar-refractivity contribution in [2.24, 2.45) is 0 Å². The van der Waals surface area contributed by atoms with E-state index in [-0.39, 0.29) is 18.0 Å². The van der Waals surface area contributed by atoms with Crippen LogP contribution >= 0.6 is 0 Å². The van der Waals surface area contributed by atoms with Crippen LogP contribution in [0.1, 0.15) is 16.7 Å². The van der Waals surface area contributed by atoms with Crippen LogP contribution in [0.25, 0.3) is 12.2 Å². The SMILES string of the molecule is N#Cc1cc([N+](=O)[O-])ccc1/C=C/c1ccc2c(c1)OCO2. The minimum absolute atomic E-state index is 0.100. The zero-order valence-electron chi connectivity index (χ0n) is 11.4. The minimum Gasteiger partial charge on any atom is -0.454 e. The van der Waals surface area contributed by atoms with E-state index in [1.165, 1.54) is 12.1 Å². The standard InChI is InChI=1S/C16H10N2O4/c17-9-13-8-14(18(19)20)5-4-12(13)3-1-11-2-6-15-16(7-11)22-10-21-15/h1-8H,10H2/b3-1+. The fourth-order valence-corrected chi connectivity index (χ4v) is 2.10. The topological polar surface area (TPSA) is 85.4 Å². The number of non-ortho nitro benzene ring substituents is 1. The number of nitrogens with zero attached hydrogens (tertiary/aromatic N) is 2. The Labute approximate surface area is 126 Å². The van der Waals surface area contributed by atoms with Gasteiger partial charge < -0.3 is 9.47 Å². The molecule has 0 saturated heterocycles. The second-order valence-corrected chi connectivity index (χ2v) is 4.59. The maximum Gasteiger partial charge on any atom is 0.270 e. The lowest BCUT2D eigenvalue weighted by Crippen LogP contribution is -1.92. The van der Waals surface area contributed by atoms with E-state index in [0.29, 0.717) is 17.1 Å². The van der Waals surface area contributed by atoms with Gasteiger partial charge in [-0.1, -0.05) is 18.2 Å². The lowest BCUT2D eigenvalue weighted by molar-refractivity contribution is -0.384. The predicted molar refractivity (Wildman–Crippen MR) is 79.3 cm³/mol. The zero-order chi connectivity index (χ0) is 15.5. The Morgan fingerprint density at radius 2 is 1.95 bits per heavy atom. The highest BCUT2D eigenvalue weighted by molar-refractivity contribution is 5.74. The third-order valence-corrected chi connectivity index (χ3v) is 3.22. The maximum absolute atomic E-state index is 10.7. The van der Waals surface area contributed by atoms with Crippen LogP contribution in [0, 0.1) is 21.4 Å². The fraction of sp³-hybridized carbons (Fsp3) is 0.0625. The third kappa shape index (κ3) is 2.60. The van der Waals surface area contributed by atoms with E-state index in [9.17, 15) is 10.1 Å². The number of rotatable bonds is 3. The number of nitro groups is 1. The summed E-state index contributed by atoms with van der Waals surface area (Å²) in [7, 11) is 0. The number of hydrogen-bond acceptors (Lipinski definition) is 5. The fourth-order valence-electron chi connectivity index (χ4n) is 2.10. The van der Waals surface area contributed by atoms with E-state index < -0.39 is 4.92 Å². The van der Waals surface area contributed by atoms with Gasteiger partial charge in [0, 0.05) is 12.1 Å². The molecule has 22 heavy (non-hydrogen) atoms. The Bertz CT molecular complexity index is 821. The molecule has 6 nitrogen and oxygen atoms in total. The van der Waals surface area contributed by atoms with Gasteiger partial charge in [-0.25, -0.2) is 0 Å². The van der Waals surface area contributed by atoms with Gasteiger partial charge in [-0.15, -0.1) is 0 Å². The van der Waals surface area contributed by atoms with Crippen molar-refractivity contribution >= 4 is 17.8 Å². The summed E-state index contributed by atoms with van der Waals surface area (Å²) < 4.78 is 10.5. The summed E-state index contributed by atoms with van der Waals surface area (Å²) >= 11 is 0. The first-order valence-electron chi connectivity index (χ1n) is 6.43. The molecule has 0 amide bonds. The van der Waals surface area contributed by atoms with Gasteiger partial charge in [0.25, 0.3) is 5.69 Å². The second-order valence-electron chi connectivity index (χ2n) is 4.59. The van der Waals surface area contributed by atoms with Crippen LogP contribution in [-0.2, 0) is 0 Å². The molecule has 0 atom stereocenters. The van der Waals surface area contributed by atoms with Gasteiger partial charge in [-0.2, -0.15) is 5.26 Å². The van der Waals surface area contributed by atoms with Gasteiger partial charge in [0.15, 0.2) is 11.5 Å². The lowest BCUT2D eigenvalue weighted by Gasteiger charge is -2.00. The molecule has 0 aromatic heterocycles. The third-order valence-electron chi connectivity index (χ3n) is 3.22. The van der Waals surface area contributed by atoms with Crippen molar-refractivity contribution in [3.63, 3.8) is 0 Å². The summed E-state index contributed by atoms with van der Waals surface area (Å²) in [6.07, 6.45) is 3.55. The molecule has 0 bridgehead atoms. The average molecular weight is 294 g/mol. The monoisotopic (exact) mass is 294 g/mol. The number of hydrogen-bond donors (Lipinski definition) is 0. The van der Waals surface area contributed by atoms with Gasteiger partial charge in [-0.05, 0) is 29.3 Å². The number of nitriles is 1. The van der Waals surface area contributed by atoms with Gasteiger partial charge in [0.05, 0.1) is 10.5 Å². The van der Waals surface area contributed by atoms with E-state index in [4.69, 9.17) is 14.7 Å². The minimum atomic E-state index is -0.522. The van der Waals surface area contributed by atoms with Crippen LogP contribution in [0.5, 0.6) is 11.5 Å². The molecule has 0 radical (unpaired) electrons. The van der Waals surface area contributed by atoms with Crippen molar-refractivity contribution in [2.45, 2.75) is 0 Å². The molecule has 1 aliphatic heterocycles. The highest BCUT2D eigenvalue weighted by Gasteiger charge is 2.12. The summed E-state index contributed by atoms with van der Waals surface area (Å²) in [6, 6.07) is 11.7. The molecule has 2 aromatic rings. The first-order chi connectivity index (χ1) is 10.7. The van der Waals surface area contributed by atoms with Crippen molar-refractivity contribution in [2.75, 3.05) is 6.79 Å². The van der Waals surface area contributed by atoms with Crippen LogP contribution in [0.2, 0.25) is 0 Å². The van der Waals surface area contributed by atoms with Crippen LogP contribution in [-0.4, -0.2) is 11.7 Å². The van der Waals surface area contributed by atoms with Crippen molar-refractivity contribution < 1.29 is 14.4 Å². The molecular formula is C16H10N2O4. The normalized spacial score (nSPS) is 12.3. The van der Waals surface area contributed by atoms with Crippen LogP contribution in [0.3, 0.4) is 0 Å². The maximum atomic E-state index is 10.7. The molecule has 0 fully saturated rings. The zero-order valence-corrected chi connectivity index (χ0v) is 11.4.